The van der Waals surface area contributed by atoms with Gasteiger partial charge in [0.2, 0.25) is 0 Å². The average molecular weight is 389 g/mol. The van der Waals surface area contributed by atoms with Gasteiger partial charge in [-0.15, -0.1) is 0 Å². The van der Waals surface area contributed by atoms with Gasteiger partial charge in [0.25, 0.3) is 5.91 Å². The number of carbonyl (C=O) groups is 2. The fourth-order valence-corrected chi connectivity index (χ4v) is 4.14. The minimum atomic E-state index is -0.0370. The summed E-state index contributed by atoms with van der Waals surface area (Å²) in [7, 11) is 0. The molecule has 1 amide bonds. The number of amides is 1. The third-order valence-electron chi connectivity index (χ3n) is 5.65. The van der Waals surface area contributed by atoms with Gasteiger partial charge in [-0.3, -0.25) is 14.6 Å². The lowest BCUT2D eigenvalue weighted by Gasteiger charge is -2.32. The Balaban J connectivity index is 1.49. The minimum absolute atomic E-state index is 0.0337. The van der Waals surface area contributed by atoms with Crippen LogP contribution in [0.1, 0.15) is 43.5 Å². The van der Waals surface area contributed by atoms with Crippen molar-refractivity contribution in [2.24, 2.45) is 11.8 Å². The van der Waals surface area contributed by atoms with Crippen molar-refractivity contribution in [3.63, 3.8) is 0 Å². The molecule has 0 spiro atoms. The monoisotopic (exact) mass is 389 g/mol. The normalized spacial score (nSPS) is 17.1. The molecule has 1 unspecified atom stereocenters. The van der Waals surface area contributed by atoms with E-state index in [2.05, 4.69) is 29.9 Å². The Kier molecular flexibility index (Phi) is 5.47. The molecule has 4 rings (SSSR count). The summed E-state index contributed by atoms with van der Waals surface area (Å²) in [5, 5.41) is 1.11. The van der Waals surface area contributed by atoms with Crippen molar-refractivity contribution in [1.82, 2.24) is 14.9 Å². The topological polar surface area (TPSA) is 66.1 Å². The molecular formula is C24H27N3O2. The van der Waals surface area contributed by atoms with E-state index in [-0.39, 0.29) is 17.6 Å². The summed E-state index contributed by atoms with van der Waals surface area (Å²) in [5.74, 6) is 0.568. The molecule has 0 saturated carbocycles. The van der Waals surface area contributed by atoms with Crippen molar-refractivity contribution < 1.29 is 9.59 Å². The van der Waals surface area contributed by atoms with Crippen LogP contribution in [-0.2, 0) is 4.79 Å². The molecule has 1 aliphatic rings. The average Bonchev–Trinajstić information content (AvgIpc) is 3.17. The van der Waals surface area contributed by atoms with Gasteiger partial charge in [-0.2, -0.15) is 0 Å². The quantitative estimate of drug-likeness (QED) is 0.688. The highest BCUT2D eigenvalue weighted by atomic mass is 16.2. The number of H-pyrrole nitrogens is 1. The van der Waals surface area contributed by atoms with E-state index in [0.29, 0.717) is 31.0 Å². The molecule has 29 heavy (non-hydrogen) atoms. The summed E-state index contributed by atoms with van der Waals surface area (Å²) >= 11 is 0. The minimum Gasteiger partial charge on any atom is -0.360 e. The zero-order chi connectivity index (χ0) is 20.4. The van der Waals surface area contributed by atoms with Gasteiger partial charge in [0.1, 0.15) is 5.78 Å². The second-order valence-electron chi connectivity index (χ2n) is 8.33. The third-order valence-corrected chi connectivity index (χ3v) is 5.65. The van der Waals surface area contributed by atoms with Crippen LogP contribution in [0.4, 0.5) is 0 Å². The number of nitrogens with one attached hydrogen (secondary N) is 1. The van der Waals surface area contributed by atoms with Crippen molar-refractivity contribution in [2.45, 2.75) is 33.1 Å². The fourth-order valence-electron chi connectivity index (χ4n) is 4.14. The van der Waals surface area contributed by atoms with Crippen LogP contribution in [0, 0.1) is 11.8 Å². The standard InChI is InChI=1S/C24H27N3O2/c1-16(2)12-23(28)18-6-5-11-27(15-18)24(29)17-9-10-22(25-13-17)20-14-26-21-8-4-3-7-19(20)21/h3-4,7-10,13-14,16,18,26H,5-6,11-12,15H2,1-2H3. The van der Waals surface area contributed by atoms with Crippen molar-refractivity contribution in [3.8, 4) is 11.3 Å². The van der Waals surface area contributed by atoms with Gasteiger partial charge in [0, 0.05) is 54.3 Å². The number of hydrogen-bond acceptors (Lipinski definition) is 3. The van der Waals surface area contributed by atoms with Gasteiger partial charge in [-0.1, -0.05) is 32.0 Å². The Hall–Kier alpha value is -2.95. The van der Waals surface area contributed by atoms with Crippen LogP contribution >= 0.6 is 0 Å². The van der Waals surface area contributed by atoms with Crippen LogP contribution in [0.15, 0.2) is 48.8 Å². The Morgan fingerprint density at radius 2 is 2.03 bits per heavy atom. The summed E-state index contributed by atoms with van der Waals surface area (Å²) in [4.78, 5) is 35.0. The van der Waals surface area contributed by atoms with E-state index in [0.717, 1.165) is 35.0 Å². The highest BCUT2D eigenvalue weighted by Gasteiger charge is 2.29. The van der Waals surface area contributed by atoms with Crippen LogP contribution in [0.5, 0.6) is 0 Å². The van der Waals surface area contributed by atoms with E-state index >= 15 is 0 Å². The van der Waals surface area contributed by atoms with Crippen LogP contribution in [0.2, 0.25) is 0 Å². The zero-order valence-electron chi connectivity index (χ0n) is 17.0. The van der Waals surface area contributed by atoms with Gasteiger partial charge >= 0.3 is 0 Å². The second-order valence-corrected chi connectivity index (χ2v) is 8.33. The second kappa shape index (κ2) is 8.19. The molecule has 1 aromatic carbocycles. The molecule has 0 radical (unpaired) electrons. The molecule has 5 nitrogen and oxygen atoms in total. The molecule has 0 bridgehead atoms. The highest BCUT2D eigenvalue weighted by Crippen LogP contribution is 2.27. The van der Waals surface area contributed by atoms with Crippen LogP contribution in [-0.4, -0.2) is 39.6 Å². The predicted molar refractivity (Wildman–Crippen MR) is 115 cm³/mol. The Morgan fingerprint density at radius 1 is 1.21 bits per heavy atom. The molecule has 3 heterocycles. The Morgan fingerprint density at radius 3 is 2.79 bits per heavy atom. The number of likely N-dealkylation sites (tertiary alicyclic amines) is 1. The van der Waals surface area contributed by atoms with E-state index in [4.69, 9.17) is 0 Å². The smallest absolute Gasteiger partial charge is 0.255 e. The highest BCUT2D eigenvalue weighted by molar-refractivity contribution is 5.97. The lowest BCUT2D eigenvalue weighted by atomic mass is 9.89. The lowest BCUT2D eigenvalue weighted by molar-refractivity contribution is -0.124. The first-order valence-electron chi connectivity index (χ1n) is 10.4. The van der Waals surface area contributed by atoms with Gasteiger partial charge in [-0.25, -0.2) is 0 Å². The van der Waals surface area contributed by atoms with Gasteiger partial charge in [0.15, 0.2) is 0 Å². The maximum Gasteiger partial charge on any atom is 0.255 e. The summed E-state index contributed by atoms with van der Waals surface area (Å²) in [6.45, 7) is 5.35. The summed E-state index contributed by atoms with van der Waals surface area (Å²) in [6.07, 6.45) is 5.95. The fraction of sp³-hybridized carbons (Fsp3) is 0.375. The van der Waals surface area contributed by atoms with Crippen LogP contribution < -0.4 is 0 Å². The number of fused-ring (bicyclic) bond motifs is 1. The maximum absolute atomic E-state index is 13.0. The number of aromatic nitrogens is 2. The van der Waals surface area contributed by atoms with Gasteiger partial charge in [0.05, 0.1) is 11.3 Å². The first-order valence-corrected chi connectivity index (χ1v) is 10.4. The van der Waals surface area contributed by atoms with Crippen molar-refractivity contribution in [1.29, 1.82) is 0 Å². The number of piperidine rings is 1. The number of aromatic amines is 1. The molecule has 2 aromatic heterocycles. The number of rotatable bonds is 5. The number of Topliss-reactive ketones (excluding diaryl/α,β-unsaturated/α-hetero) is 1. The Bertz CT molecular complexity index is 1020. The summed E-state index contributed by atoms with van der Waals surface area (Å²) < 4.78 is 0. The molecule has 150 valence electrons. The van der Waals surface area contributed by atoms with E-state index < -0.39 is 0 Å². The molecular weight excluding hydrogens is 362 g/mol. The number of carbonyl (C=O) groups excluding carboxylic acids is 2. The number of hydrogen-bond donors (Lipinski definition) is 1. The SMILES string of the molecule is CC(C)CC(=O)C1CCCN(C(=O)c2ccc(-c3c[nH]c4ccccc34)nc2)C1. The first-order chi connectivity index (χ1) is 14.0. The van der Waals surface area contributed by atoms with Crippen molar-refractivity contribution >= 4 is 22.6 Å². The van der Waals surface area contributed by atoms with E-state index in [9.17, 15) is 9.59 Å². The molecule has 0 aliphatic carbocycles. The molecule has 1 N–H and O–H groups in total. The maximum atomic E-state index is 13.0. The lowest BCUT2D eigenvalue weighted by Crippen LogP contribution is -2.42. The largest absolute Gasteiger partial charge is 0.360 e. The van der Waals surface area contributed by atoms with E-state index in [1.807, 2.05) is 41.4 Å². The van der Waals surface area contributed by atoms with E-state index in [1.54, 1.807) is 6.20 Å². The van der Waals surface area contributed by atoms with Crippen LogP contribution in [0.3, 0.4) is 0 Å². The third kappa shape index (κ3) is 4.09. The molecule has 1 atom stereocenters. The van der Waals surface area contributed by atoms with Crippen LogP contribution in [0.25, 0.3) is 22.2 Å². The molecule has 5 heteroatoms. The van der Waals surface area contributed by atoms with Crippen molar-refractivity contribution in [2.75, 3.05) is 13.1 Å². The van der Waals surface area contributed by atoms with Gasteiger partial charge < -0.3 is 9.88 Å². The molecule has 1 aliphatic heterocycles. The number of ketones is 1. The Labute approximate surface area is 171 Å². The van der Waals surface area contributed by atoms with E-state index in [1.165, 1.54) is 0 Å². The zero-order valence-corrected chi connectivity index (χ0v) is 17.0. The molecule has 3 aromatic rings. The number of pyridine rings is 1. The van der Waals surface area contributed by atoms with Crippen molar-refractivity contribution in [3.05, 3.63) is 54.4 Å². The van der Waals surface area contributed by atoms with Gasteiger partial charge in [-0.05, 0) is 37.0 Å². The number of para-hydroxylation sites is 1. The molecule has 1 fully saturated rings. The summed E-state index contributed by atoms with van der Waals surface area (Å²) in [5.41, 5.74) is 3.50. The predicted octanol–water partition coefficient (Wildman–Crippen LogP) is 4.70. The first kappa shape index (κ1) is 19.4. The molecule has 1 saturated heterocycles. The summed E-state index contributed by atoms with van der Waals surface area (Å²) in [6, 6.07) is 11.8. The number of nitrogens with zero attached hydrogens (tertiary/aromatic N) is 2. The number of benzene rings is 1.